The number of carbonyl (C=O) groups is 1. The number of pyridine rings is 1. The Balaban J connectivity index is 1.75. The van der Waals surface area contributed by atoms with Gasteiger partial charge in [-0.1, -0.05) is 18.2 Å². The lowest BCUT2D eigenvalue weighted by Gasteiger charge is -2.09. The molecule has 2 heterocycles. The van der Waals surface area contributed by atoms with Crippen molar-refractivity contribution in [2.75, 3.05) is 5.32 Å². The van der Waals surface area contributed by atoms with Crippen molar-refractivity contribution in [1.29, 1.82) is 0 Å². The smallest absolute Gasteiger partial charge is 0.257 e. The Labute approximate surface area is 143 Å². The van der Waals surface area contributed by atoms with Crippen LogP contribution in [-0.4, -0.2) is 10.9 Å². The predicted octanol–water partition coefficient (Wildman–Crippen LogP) is 5.00. The molecule has 23 heavy (non-hydrogen) atoms. The SMILES string of the molecule is Cc1ccnc(NC(=O)c2ccccc2SCc2cccs2)c1. The number of nitrogens with zero attached hydrogens (tertiary/aromatic N) is 1. The number of benzene rings is 1. The van der Waals surface area contributed by atoms with Gasteiger partial charge in [0.05, 0.1) is 5.56 Å². The first-order valence-electron chi connectivity index (χ1n) is 7.20. The molecule has 0 bridgehead atoms. The van der Waals surface area contributed by atoms with Crippen molar-refractivity contribution in [3.05, 3.63) is 76.1 Å². The van der Waals surface area contributed by atoms with Gasteiger partial charge in [-0.25, -0.2) is 4.98 Å². The van der Waals surface area contributed by atoms with E-state index in [1.165, 1.54) is 4.88 Å². The minimum Gasteiger partial charge on any atom is -0.307 e. The van der Waals surface area contributed by atoms with E-state index in [9.17, 15) is 4.79 Å². The molecule has 2 aromatic heterocycles. The number of thiophene rings is 1. The predicted molar refractivity (Wildman–Crippen MR) is 97.2 cm³/mol. The number of anilines is 1. The molecule has 0 radical (unpaired) electrons. The zero-order valence-electron chi connectivity index (χ0n) is 12.7. The van der Waals surface area contributed by atoms with E-state index in [-0.39, 0.29) is 5.91 Å². The minimum absolute atomic E-state index is 0.127. The van der Waals surface area contributed by atoms with Crippen LogP contribution in [0.3, 0.4) is 0 Å². The zero-order chi connectivity index (χ0) is 16.1. The normalized spacial score (nSPS) is 10.5. The second kappa shape index (κ2) is 7.44. The van der Waals surface area contributed by atoms with Gasteiger partial charge in [0.25, 0.3) is 5.91 Å². The third-order valence-electron chi connectivity index (χ3n) is 3.24. The molecule has 3 aromatic rings. The first kappa shape index (κ1) is 15.8. The summed E-state index contributed by atoms with van der Waals surface area (Å²) in [7, 11) is 0. The summed E-state index contributed by atoms with van der Waals surface area (Å²) in [6, 6.07) is 15.6. The molecule has 1 amide bonds. The summed E-state index contributed by atoms with van der Waals surface area (Å²) in [5.74, 6) is 1.32. The molecule has 0 aliphatic carbocycles. The van der Waals surface area contributed by atoms with E-state index in [0.29, 0.717) is 11.4 Å². The second-order valence-electron chi connectivity index (χ2n) is 5.04. The number of thioether (sulfide) groups is 1. The minimum atomic E-state index is -0.127. The van der Waals surface area contributed by atoms with Crippen molar-refractivity contribution < 1.29 is 4.79 Å². The Kier molecular flexibility index (Phi) is 5.10. The lowest BCUT2D eigenvalue weighted by Crippen LogP contribution is -2.14. The summed E-state index contributed by atoms with van der Waals surface area (Å²) in [5, 5.41) is 4.94. The fraction of sp³-hybridized carbons (Fsp3) is 0.111. The van der Waals surface area contributed by atoms with Crippen LogP contribution < -0.4 is 5.32 Å². The van der Waals surface area contributed by atoms with E-state index in [1.807, 2.05) is 49.4 Å². The molecule has 0 saturated heterocycles. The standard InChI is InChI=1S/C18H16N2OS2/c1-13-8-9-19-17(11-13)20-18(21)15-6-2-3-7-16(15)23-12-14-5-4-10-22-14/h2-11H,12H2,1H3,(H,19,20,21). The number of carbonyl (C=O) groups excluding carboxylic acids is 1. The molecule has 1 aromatic carbocycles. The van der Waals surface area contributed by atoms with E-state index >= 15 is 0 Å². The van der Waals surface area contributed by atoms with Crippen LogP contribution in [0.4, 0.5) is 5.82 Å². The monoisotopic (exact) mass is 340 g/mol. The molecule has 3 rings (SSSR count). The van der Waals surface area contributed by atoms with Crippen LogP contribution >= 0.6 is 23.1 Å². The van der Waals surface area contributed by atoms with Crippen LogP contribution in [0, 0.1) is 6.92 Å². The van der Waals surface area contributed by atoms with E-state index in [0.717, 1.165) is 16.2 Å². The average molecular weight is 340 g/mol. The highest BCUT2D eigenvalue weighted by molar-refractivity contribution is 7.98. The summed E-state index contributed by atoms with van der Waals surface area (Å²) in [4.78, 5) is 19.0. The van der Waals surface area contributed by atoms with Gasteiger partial charge in [-0.2, -0.15) is 0 Å². The highest BCUT2D eigenvalue weighted by Gasteiger charge is 2.12. The van der Waals surface area contributed by atoms with Crippen LogP contribution in [0.1, 0.15) is 20.8 Å². The van der Waals surface area contributed by atoms with Crippen LogP contribution in [0.25, 0.3) is 0 Å². The highest BCUT2D eigenvalue weighted by atomic mass is 32.2. The van der Waals surface area contributed by atoms with Crippen molar-refractivity contribution in [3.63, 3.8) is 0 Å². The van der Waals surface area contributed by atoms with Crippen molar-refractivity contribution in [2.24, 2.45) is 0 Å². The van der Waals surface area contributed by atoms with E-state index < -0.39 is 0 Å². The zero-order valence-corrected chi connectivity index (χ0v) is 14.3. The highest BCUT2D eigenvalue weighted by Crippen LogP contribution is 2.28. The maximum atomic E-state index is 12.5. The molecule has 0 aliphatic rings. The molecule has 0 fully saturated rings. The lowest BCUT2D eigenvalue weighted by atomic mass is 10.2. The summed E-state index contributed by atoms with van der Waals surface area (Å²) < 4.78 is 0. The lowest BCUT2D eigenvalue weighted by molar-refractivity contribution is 0.102. The maximum absolute atomic E-state index is 12.5. The van der Waals surface area contributed by atoms with Gasteiger partial charge in [-0.15, -0.1) is 23.1 Å². The quantitative estimate of drug-likeness (QED) is 0.665. The molecule has 5 heteroatoms. The van der Waals surface area contributed by atoms with Gasteiger partial charge in [0.1, 0.15) is 5.82 Å². The van der Waals surface area contributed by atoms with Crippen molar-refractivity contribution in [2.45, 2.75) is 17.6 Å². The number of nitrogens with one attached hydrogen (secondary N) is 1. The fourth-order valence-electron chi connectivity index (χ4n) is 2.11. The second-order valence-corrected chi connectivity index (χ2v) is 7.09. The Morgan fingerprint density at radius 1 is 1.22 bits per heavy atom. The summed E-state index contributed by atoms with van der Waals surface area (Å²) in [6.07, 6.45) is 1.70. The molecule has 3 nitrogen and oxygen atoms in total. The average Bonchev–Trinajstić information content (AvgIpc) is 3.06. The number of amides is 1. The van der Waals surface area contributed by atoms with E-state index in [4.69, 9.17) is 0 Å². The molecule has 0 unspecified atom stereocenters. The summed E-state index contributed by atoms with van der Waals surface area (Å²) >= 11 is 3.41. The first-order chi connectivity index (χ1) is 11.2. The largest absolute Gasteiger partial charge is 0.307 e. The Bertz CT molecular complexity index is 800. The van der Waals surface area contributed by atoms with Crippen LogP contribution in [0.5, 0.6) is 0 Å². The number of aromatic nitrogens is 1. The van der Waals surface area contributed by atoms with Gasteiger partial charge >= 0.3 is 0 Å². The molecular weight excluding hydrogens is 324 g/mol. The summed E-state index contributed by atoms with van der Waals surface area (Å²) in [5.41, 5.74) is 1.74. The van der Waals surface area contributed by atoms with Crippen LogP contribution in [-0.2, 0) is 5.75 Å². The van der Waals surface area contributed by atoms with Gasteiger partial charge < -0.3 is 5.32 Å². The third kappa shape index (κ3) is 4.21. The molecule has 116 valence electrons. The molecule has 0 aliphatic heterocycles. The van der Waals surface area contributed by atoms with E-state index in [1.54, 1.807) is 29.3 Å². The van der Waals surface area contributed by atoms with Gasteiger partial charge in [0.2, 0.25) is 0 Å². The summed E-state index contributed by atoms with van der Waals surface area (Å²) in [6.45, 7) is 1.97. The third-order valence-corrected chi connectivity index (χ3v) is 5.42. The van der Waals surface area contributed by atoms with Crippen molar-refractivity contribution in [1.82, 2.24) is 4.98 Å². The number of hydrogen-bond acceptors (Lipinski definition) is 4. The molecule has 0 saturated carbocycles. The molecule has 0 spiro atoms. The molecular formula is C18H16N2OS2. The number of rotatable bonds is 5. The first-order valence-corrected chi connectivity index (χ1v) is 9.07. The molecule has 0 atom stereocenters. The Morgan fingerprint density at radius 2 is 2.09 bits per heavy atom. The Morgan fingerprint density at radius 3 is 2.87 bits per heavy atom. The molecule has 1 N–H and O–H groups in total. The fourth-order valence-corrected chi connectivity index (χ4v) is 3.93. The number of aryl methyl sites for hydroxylation is 1. The Hall–Kier alpha value is -2.11. The van der Waals surface area contributed by atoms with Gasteiger partial charge in [-0.3, -0.25) is 4.79 Å². The maximum Gasteiger partial charge on any atom is 0.257 e. The van der Waals surface area contributed by atoms with Gasteiger partial charge in [-0.05, 0) is 48.2 Å². The topological polar surface area (TPSA) is 42.0 Å². The van der Waals surface area contributed by atoms with Crippen molar-refractivity contribution in [3.8, 4) is 0 Å². The number of hydrogen-bond donors (Lipinski definition) is 1. The van der Waals surface area contributed by atoms with Crippen LogP contribution in [0.2, 0.25) is 0 Å². The van der Waals surface area contributed by atoms with Gasteiger partial charge in [0, 0.05) is 21.7 Å². The van der Waals surface area contributed by atoms with Gasteiger partial charge in [0.15, 0.2) is 0 Å². The van der Waals surface area contributed by atoms with E-state index in [2.05, 4.69) is 21.7 Å². The van der Waals surface area contributed by atoms with Crippen molar-refractivity contribution >= 4 is 34.8 Å². The van der Waals surface area contributed by atoms with Crippen LogP contribution in [0.15, 0.2) is 65.0 Å².